The van der Waals surface area contributed by atoms with Crippen molar-refractivity contribution in [2.45, 2.75) is 37.6 Å². The molecule has 2 aromatic rings. The second-order valence-corrected chi connectivity index (χ2v) is 6.08. The molecule has 6 nitrogen and oxygen atoms in total. The van der Waals surface area contributed by atoms with Crippen molar-refractivity contribution in [1.29, 1.82) is 0 Å². The number of aromatic nitrogens is 2. The summed E-state index contributed by atoms with van der Waals surface area (Å²) >= 11 is 0. The van der Waals surface area contributed by atoms with Crippen LogP contribution in [0.4, 0.5) is 13.2 Å². The SMILES string of the molecule is C#CC(=O)NC(CC1CCCO1)c1ccc(-c2noc(C(F)(F)F)n2)cc1. The Balaban J connectivity index is 1.78. The molecule has 1 aliphatic heterocycles. The maximum atomic E-state index is 12.6. The van der Waals surface area contributed by atoms with Gasteiger partial charge in [-0.15, -0.1) is 6.42 Å². The molecular formula is C18H16F3N3O3. The first-order chi connectivity index (χ1) is 12.9. The van der Waals surface area contributed by atoms with E-state index in [1.165, 1.54) is 0 Å². The van der Waals surface area contributed by atoms with E-state index in [0.717, 1.165) is 18.4 Å². The van der Waals surface area contributed by atoms with Gasteiger partial charge in [-0.3, -0.25) is 4.79 Å². The summed E-state index contributed by atoms with van der Waals surface area (Å²) in [6.45, 7) is 0.679. The van der Waals surface area contributed by atoms with Crippen molar-refractivity contribution in [1.82, 2.24) is 15.5 Å². The second kappa shape index (κ2) is 7.80. The summed E-state index contributed by atoms with van der Waals surface area (Å²) in [4.78, 5) is 15.0. The number of rotatable bonds is 5. The van der Waals surface area contributed by atoms with Crippen molar-refractivity contribution >= 4 is 5.91 Å². The van der Waals surface area contributed by atoms with Gasteiger partial charge in [0, 0.05) is 12.2 Å². The summed E-state index contributed by atoms with van der Waals surface area (Å²) in [6.07, 6.45) is 2.85. The number of halogens is 3. The predicted octanol–water partition coefficient (Wildman–Crippen LogP) is 3.12. The molecule has 1 N–H and O–H groups in total. The molecule has 2 heterocycles. The molecule has 1 aromatic heterocycles. The Morgan fingerprint density at radius 3 is 2.67 bits per heavy atom. The molecule has 2 atom stereocenters. The van der Waals surface area contributed by atoms with Crippen LogP contribution in [0.25, 0.3) is 11.4 Å². The lowest BCUT2D eigenvalue weighted by Gasteiger charge is -2.21. The monoisotopic (exact) mass is 379 g/mol. The average Bonchev–Trinajstić information content (AvgIpc) is 3.32. The molecule has 1 amide bonds. The summed E-state index contributed by atoms with van der Waals surface area (Å²) in [7, 11) is 0. The minimum absolute atomic E-state index is 0.0132. The van der Waals surface area contributed by atoms with Crippen molar-refractivity contribution < 1.29 is 27.2 Å². The van der Waals surface area contributed by atoms with Gasteiger partial charge in [-0.1, -0.05) is 29.4 Å². The van der Waals surface area contributed by atoms with E-state index in [9.17, 15) is 18.0 Å². The first-order valence-electron chi connectivity index (χ1n) is 8.27. The van der Waals surface area contributed by atoms with E-state index >= 15 is 0 Å². The quantitative estimate of drug-likeness (QED) is 0.808. The highest BCUT2D eigenvalue weighted by Crippen LogP contribution is 2.30. The van der Waals surface area contributed by atoms with Crippen LogP contribution in [0.1, 0.15) is 36.8 Å². The standard InChI is InChI=1S/C18H16F3N3O3/c1-2-15(25)22-14(10-13-4-3-9-26-13)11-5-7-12(8-6-11)16-23-17(27-24-16)18(19,20)21/h1,5-8,13-14H,3-4,9-10H2,(H,22,25). The van der Waals surface area contributed by atoms with Crippen LogP contribution >= 0.6 is 0 Å². The third-order valence-electron chi connectivity index (χ3n) is 4.20. The van der Waals surface area contributed by atoms with Crippen molar-refractivity contribution in [3.63, 3.8) is 0 Å². The molecule has 0 radical (unpaired) electrons. The Morgan fingerprint density at radius 1 is 1.37 bits per heavy atom. The fourth-order valence-corrected chi connectivity index (χ4v) is 2.89. The van der Waals surface area contributed by atoms with E-state index in [2.05, 4.69) is 20.0 Å². The van der Waals surface area contributed by atoms with Crippen LogP contribution in [0, 0.1) is 12.3 Å². The summed E-state index contributed by atoms with van der Waals surface area (Å²) in [5.74, 6) is -0.105. The Morgan fingerprint density at radius 2 is 2.11 bits per heavy atom. The molecule has 1 aromatic carbocycles. The zero-order valence-electron chi connectivity index (χ0n) is 14.1. The average molecular weight is 379 g/mol. The molecule has 1 saturated heterocycles. The fourth-order valence-electron chi connectivity index (χ4n) is 2.89. The molecular weight excluding hydrogens is 363 g/mol. The number of alkyl halides is 3. The number of hydrogen-bond acceptors (Lipinski definition) is 5. The maximum absolute atomic E-state index is 12.6. The molecule has 2 unspecified atom stereocenters. The highest BCUT2D eigenvalue weighted by atomic mass is 19.4. The number of hydrogen-bond donors (Lipinski definition) is 1. The van der Waals surface area contributed by atoms with Gasteiger partial charge in [0.2, 0.25) is 5.82 Å². The Hall–Kier alpha value is -2.86. The first kappa shape index (κ1) is 18.9. The van der Waals surface area contributed by atoms with Gasteiger partial charge in [0.05, 0.1) is 12.1 Å². The van der Waals surface area contributed by atoms with Gasteiger partial charge >= 0.3 is 12.1 Å². The highest BCUT2D eigenvalue weighted by Gasteiger charge is 2.38. The zero-order chi connectivity index (χ0) is 19.4. The van der Waals surface area contributed by atoms with Crippen LogP contribution in [-0.4, -0.2) is 28.8 Å². The van der Waals surface area contributed by atoms with Crippen LogP contribution in [-0.2, 0) is 15.7 Å². The molecule has 0 saturated carbocycles. The van der Waals surface area contributed by atoms with Gasteiger partial charge in [0.25, 0.3) is 5.91 Å². The van der Waals surface area contributed by atoms with Crippen LogP contribution < -0.4 is 5.32 Å². The van der Waals surface area contributed by atoms with Crippen molar-refractivity contribution in [3.8, 4) is 23.7 Å². The first-order valence-corrected chi connectivity index (χ1v) is 8.27. The van der Waals surface area contributed by atoms with E-state index in [4.69, 9.17) is 11.2 Å². The second-order valence-electron chi connectivity index (χ2n) is 6.08. The number of nitrogens with zero attached hydrogens (tertiary/aromatic N) is 2. The lowest BCUT2D eigenvalue weighted by molar-refractivity contribution is -0.159. The number of ether oxygens (including phenoxy) is 1. The Kier molecular flexibility index (Phi) is 5.46. The van der Waals surface area contributed by atoms with E-state index in [1.54, 1.807) is 24.3 Å². The smallest absolute Gasteiger partial charge is 0.378 e. The summed E-state index contributed by atoms with van der Waals surface area (Å²) in [5.41, 5.74) is 1.11. The van der Waals surface area contributed by atoms with Crippen molar-refractivity contribution in [3.05, 3.63) is 35.7 Å². The normalized spacial score (nSPS) is 18.1. The summed E-state index contributed by atoms with van der Waals surface area (Å²) in [5, 5.41) is 6.09. The number of carbonyl (C=O) groups excluding carboxylic acids is 1. The number of carbonyl (C=O) groups is 1. The maximum Gasteiger partial charge on any atom is 0.471 e. The van der Waals surface area contributed by atoms with Crippen LogP contribution in [0.15, 0.2) is 28.8 Å². The molecule has 142 valence electrons. The van der Waals surface area contributed by atoms with E-state index < -0.39 is 18.0 Å². The third-order valence-corrected chi connectivity index (χ3v) is 4.20. The van der Waals surface area contributed by atoms with Crippen molar-refractivity contribution in [2.24, 2.45) is 0 Å². The van der Waals surface area contributed by atoms with Gasteiger partial charge in [0.1, 0.15) is 0 Å². The van der Waals surface area contributed by atoms with Crippen LogP contribution in [0.2, 0.25) is 0 Å². The van der Waals surface area contributed by atoms with Gasteiger partial charge in [0.15, 0.2) is 0 Å². The Bertz CT molecular complexity index is 834. The van der Waals surface area contributed by atoms with Gasteiger partial charge < -0.3 is 14.6 Å². The summed E-state index contributed by atoms with van der Waals surface area (Å²) < 4.78 is 47.6. The largest absolute Gasteiger partial charge is 0.471 e. The van der Waals surface area contributed by atoms with Gasteiger partial charge in [-0.2, -0.15) is 18.2 Å². The molecule has 1 fully saturated rings. The number of nitrogens with one attached hydrogen (secondary N) is 1. The summed E-state index contributed by atoms with van der Waals surface area (Å²) in [6, 6.07) is 6.10. The van der Waals surface area contributed by atoms with Gasteiger partial charge in [-0.05, 0) is 30.7 Å². The molecule has 0 aliphatic carbocycles. The fraction of sp³-hybridized carbons (Fsp3) is 0.389. The molecule has 3 rings (SSSR count). The molecule has 27 heavy (non-hydrogen) atoms. The van der Waals surface area contributed by atoms with Crippen LogP contribution in [0.5, 0.6) is 0 Å². The van der Waals surface area contributed by atoms with E-state index in [0.29, 0.717) is 18.6 Å². The predicted molar refractivity (Wildman–Crippen MR) is 88.0 cm³/mol. The number of terminal acetylenes is 1. The highest BCUT2D eigenvalue weighted by molar-refractivity contribution is 5.93. The molecule has 1 aliphatic rings. The lowest BCUT2D eigenvalue weighted by Crippen LogP contribution is -2.30. The van der Waals surface area contributed by atoms with Gasteiger partial charge in [-0.25, -0.2) is 0 Å². The topological polar surface area (TPSA) is 77.2 Å². The third kappa shape index (κ3) is 4.65. The minimum atomic E-state index is -4.70. The number of benzene rings is 1. The van der Waals surface area contributed by atoms with Crippen LogP contribution in [0.3, 0.4) is 0 Å². The zero-order valence-corrected chi connectivity index (χ0v) is 14.1. The lowest BCUT2D eigenvalue weighted by atomic mass is 9.98. The van der Waals surface area contributed by atoms with Crippen molar-refractivity contribution in [2.75, 3.05) is 6.61 Å². The number of amides is 1. The molecule has 0 bridgehead atoms. The van der Waals surface area contributed by atoms with E-state index in [1.807, 2.05) is 5.92 Å². The Labute approximate surface area is 153 Å². The molecule has 9 heteroatoms. The minimum Gasteiger partial charge on any atom is -0.378 e. The molecule has 0 spiro atoms. The van der Waals surface area contributed by atoms with E-state index in [-0.39, 0.29) is 18.0 Å².